The molecule has 0 fully saturated rings. The van der Waals surface area contributed by atoms with Gasteiger partial charge in [-0.25, -0.2) is 9.18 Å². The maximum atomic E-state index is 13.7. The Bertz CT molecular complexity index is 1190. The van der Waals surface area contributed by atoms with E-state index in [1.807, 2.05) is 31.2 Å². The molecule has 0 saturated heterocycles. The van der Waals surface area contributed by atoms with Gasteiger partial charge in [0.2, 0.25) is 5.91 Å². The number of rotatable bonds is 5. The Labute approximate surface area is 185 Å². The number of halogens is 1. The van der Waals surface area contributed by atoms with Crippen molar-refractivity contribution < 1.29 is 18.7 Å². The van der Waals surface area contributed by atoms with E-state index >= 15 is 0 Å². The van der Waals surface area contributed by atoms with Crippen molar-refractivity contribution in [1.29, 1.82) is 5.26 Å². The molecule has 0 saturated carbocycles. The molecule has 32 heavy (non-hydrogen) atoms. The second kappa shape index (κ2) is 8.79. The molecule has 0 radical (unpaired) electrons. The number of carbonyl (C=O) groups is 2. The fourth-order valence-corrected chi connectivity index (χ4v) is 4.27. The van der Waals surface area contributed by atoms with Gasteiger partial charge in [0.05, 0.1) is 25.3 Å². The molecule has 1 amide bonds. The van der Waals surface area contributed by atoms with Gasteiger partial charge in [-0.05, 0) is 31.0 Å². The fourth-order valence-electron chi connectivity index (χ4n) is 4.27. The topological polar surface area (TPSA) is 88.2 Å². The van der Waals surface area contributed by atoms with Crippen molar-refractivity contribution in [3.8, 4) is 6.07 Å². The average molecular weight is 434 g/mol. The molecule has 2 heterocycles. The molecule has 1 unspecified atom stereocenters. The van der Waals surface area contributed by atoms with Gasteiger partial charge in [-0.1, -0.05) is 31.2 Å². The summed E-state index contributed by atoms with van der Waals surface area (Å²) in [6, 6.07) is 6.17. The monoisotopic (exact) mass is 434 g/mol. The number of esters is 1. The Morgan fingerprint density at radius 3 is 2.88 bits per heavy atom. The maximum Gasteiger partial charge on any atom is 0.359 e. The zero-order valence-electron chi connectivity index (χ0n) is 18.0. The van der Waals surface area contributed by atoms with Crippen LogP contribution in [0.5, 0.6) is 0 Å². The van der Waals surface area contributed by atoms with Gasteiger partial charge in [-0.15, -0.1) is 0 Å². The van der Waals surface area contributed by atoms with Crippen LogP contribution in [0.25, 0.3) is 0 Å². The number of hydrogen-bond donors (Lipinski definition) is 0. The normalized spacial score (nSPS) is 17.0. The molecule has 1 atom stereocenters. The first-order chi connectivity index (χ1) is 15.4. The van der Waals surface area contributed by atoms with E-state index in [1.54, 1.807) is 22.6 Å². The van der Waals surface area contributed by atoms with E-state index in [-0.39, 0.29) is 42.8 Å². The summed E-state index contributed by atoms with van der Waals surface area (Å²) >= 11 is 0. The van der Waals surface area contributed by atoms with Crippen molar-refractivity contribution in [3.63, 3.8) is 0 Å². The summed E-state index contributed by atoms with van der Waals surface area (Å²) in [6.07, 6.45) is 6.23. The fraction of sp³-hybridized carbons (Fsp3) is 0.333. The predicted octanol–water partition coefficient (Wildman–Crippen LogP) is 3.45. The van der Waals surface area contributed by atoms with Gasteiger partial charge in [0.1, 0.15) is 11.9 Å². The number of nitrogens with zero attached hydrogens (tertiary/aromatic N) is 4. The van der Waals surface area contributed by atoms with Crippen LogP contribution < -0.4 is 0 Å². The van der Waals surface area contributed by atoms with Gasteiger partial charge in [-0.2, -0.15) is 10.4 Å². The zero-order chi connectivity index (χ0) is 22.8. The van der Waals surface area contributed by atoms with Crippen LogP contribution in [-0.4, -0.2) is 39.7 Å². The van der Waals surface area contributed by atoms with E-state index < -0.39 is 11.8 Å². The summed E-state index contributed by atoms with van der Waals surface area (Å²) < 4.78 is 20.6. The largest absolute Gasteiger partial charge is 0.461 e. The van der Waals surface area contributed by atoms with Crippen LogP contribution in [0.3, 0.4) is 0 Å². The number of amides is 1. The van der Waals surface area contributed by atoms with Crippen molar-refractivity contribution in [2.75, 3.05) is 13.2 Å². The van der Waals surface area contributed by atoms with E-state index in [0.29, 0.717) is 24.1 Å². The highest BCUT2D eigenvalue weighted by molar-refractivity contribution is 5.95. The van der Waals surface area contributed by atoms with Gasteiger partial charge >= 0.3 is 5.97 Å². The van der Waals surface area contributed by atoms with E-state index in [9.17, 15) is 14.0 Å². The van der Waals surface area contributed by atoms with E-state index in [1.165, 1.54) is 12.1 Å². The Morgan fingerprint density at radius 2 is 2.19 bits per heavy atom. The highest BCUT2D eigenvalue weighted by Gasteiger charge is 2.35. The molecular formula is C24H23FN4O3. The minimum Gasteiger partial charge on any atom is -0.461 e. The van der Waals surface area contributed by atoms with Crippen molar-refractivity contribution in [3.05, 3.63) is 75.9 Å². The Balaban J connectivity index is 1.71. The van der Waals surface area contributed by atoms with Crippen LogP contribution in [0.15, 0.2) is 42.0 Å². The van der Waals surface area contributed by atoms with Crippen molar-refractivity contribution in [2.45, 2.75) is 39.3 Å². The van der Waals surface area contributed by atoms with Crippen molar-refractivity contribution in [2.24, 2.45) is 0 Å². The minimum absolute atomic E-state index is 0.0441. The summed E-state index contributed by atoms with van der Waals surface area (Å²) in [4.78, 5) is 27.4. The van der Waals surface area contributed by atoms with Crippen LogP contribution in [0.2, 0.25) is 0 Å². The lowest BCUT2D eigenvalue weighted by atomic mass is 9.95. The van der Waals surface area contributed by atoms with Gasteiger partial charge in [0, 0.05) is 29.3 Å². The smallest absolute Gasteiger partial charge is 0.359 e. The number of ether oxygens (including phenoxy) is 1. The zero-order valence-corrected chi connectivity index (χ0v) is 18.0. The van der Waals surface area contributed by atoms with Crippen LogP contribution in [-0.2, 0) is 22.6 Å². The summed E-state index contributed by atoms with van der Waals surface area (Å²) in [5.74, 6) is -1.25. The molecule has 0 spiro atoms. The van der Waals surface area contributed by atoms with Crippen LogP contribution >= 0.6 is 0 Å². The van der Waals surface area contributed by atoms with E-state index in [0.717, 1.165) is 11.3 Å². The summed E-state index contributed by atoms with van der Waals surface area (Å²) in [6.45, 7) is 4.94. The molecule has 1 aliphatic heterocycles. The lowest BCUT2D eigenvalue weighted by Crippen LogP contribution is -2.39. The molecule has 164 valence electrons. The lowest BCUT2D eigenvalue weighted by Gasteiger charge is -2.32. The van der Waals surface area contributed by atoms with Crippen LogP contribution in [0, 0.1) is 17.1 Å². The number of aromatic nitrogens is 2. The minimum atomic E-state index is -0.579. The number of benzene rings is 1. The first kappa shape index (κ1) is 21.5. The van der Waals surface area contributed by atoms with E-state index in [4.69, 9.17) is 10.00 Å². The summed E-state index contributed by atoms with van der Waals surface area (Å²) in [5.41, 5.74) is 3.07. The number of allylic oxidation sites excluding steroid dienone is 3. The van der Waals surface area contributed by atoms with Crippen LogP contribution in [0.4, 0.5) is 4.39 Å². The first-order valence-corrected chi connectivity index (χ1v) is 10.5. The standard InChI is InChI=1S/C24H23FN4O3/c1-3-32-24(31)21-19-14-28(23(30)17-6-4-5-7-17)12-15(2)22(19)29(27-21)13-16-8-9-20(25)18(10-16)11-26/h4-6,8-10,15H,3,7,12-14H2,1-2H3. The third kappa shape index (κ3) is 3.94. The molecule has 7 nitrogen and oxygen atoms in total. The molecule has 0 bridgehead atoms. The molecule has 2 aromatic rings. The van der Waals surface area contributed by atoms with Gasteiger partial charge in [0.15, 0.2) is 5.69 Å². The van der Waals surface area contributed by atoms with Gasteiger partial charge < -0.3 is 9.64 Å². The number of hydrogen-bond acceptors (Lipinski definition) is 5. The molecule has 1 aromatic carbocycles. The van der Waals surface area contributed by atoms with Crippen molar-refractivity contribution >= 4 is 11.9 Å². The highest BCUT2D eigenvalue weighted by Crippen LogP contribution is 2.33. The molecule has 2 aliphatic rings. The first-order valence-electron chi connectivity index (χ1n) is 10.5. The molecule has 4 rings (SSSR count). The predicted molar refractivity (Wildman–Crippen MR) is 114 cm³/mol. The summed E-state index contributed by atoms with van der Waals surface area (Å²) in [7, 11) is 0. The lowest BCUT2D eigenvalue weighted by molar-refractivity contribution is -0.128. The second-order valence-corrected chi connectivity index (χ2v) is 7.93. The average Bonchev–Trinajstić information content (AvgIpc) is 3.43. The highest BCUT2D eigenvalue weighted by atomic mass is 19.1. The number of carbonyl (C=O) groups excluding carboxylic acids is 2. The number of fused-ring (bicyclic) bond motifs is 1. The third-order valence-corrected chi connectivity index (χ3v) is 5.69. The molecule has 0 N–H and O–H groups in total. The Kier molecular flexibility index (Phi) is 5.91. The maximum absolute atomic E-state index is 13.7. The molecule has 8 heteroatoms. The van der Waals surface area contributed by atoms with Crippen molar-refractivity contribution in [1.82, 2.24) is 14.7 Å². The molecule has 1 aliphatic carbocycles. The van der Waals surface area contributed by atoms with Gasteiger partial charge in [-0.3, -0.25) is 9.48 Å². The molecular weight excluding hydrogens is 411 g/mol. The quantitative estimate of drug-likeness (QED) is 0.673. The van der Waals surface area contributed by atoms with Gasteiger partial charge in [0.25, 0.3) is 0 Å². The number of nitriles is 1. The molecule has 1 aromatic heterocycles. The second-order valence-electron chi connectivity index (χ2n) is 7.93. The summed E-state index contributed by atoms with van der Waals surface area (Å²) in [5, 5.41) is 13.7. The third-order valence-electron chi connectivity index (χ3n) is 5.69. The Morgan fingerprint density at radius 1 is 1.38 bits per heavy atom. The van der Waals surface area contributed by atoms with E-state index in [2.05, 4.69) is 5.10 Å². The van der Waals surface area contributed by atoms with Crippen LogP contribution in [0.1, 0.15) is 59.1 Å². The Hall–Kier alpha value is -3.73. The SMILES string of the molecule is CCOC(=O)c1nn(Cc2ccc(F)c(C#N)c2)c2c1CN(C(=O)C1=CC=CC1)CC2C.